The van der Waals surface area contributed by atoms with E-state index in [2.05, 4.69) is 19.2 Å². The number of benzene rings is 1. The lowest BCUT2D eigenvalue weighted by Crippen LogP contribution is -2.26. The Morgan fingerprint density at radius 1 is 1.25 bits per heavy atom. The molecule has 0 spiro atoms. The number of carbonyl (C=O) groups is 2. The Morgan fingerprint density at radius 2 is 1.95 bits per heavy atom. The van der Waals surface area contributed by atoms with Gasteiger partial charge in [-0.3, -0.25) is 4.79 Å². The lowest BCUT2D eigenvalue weighted by Gasteiger charge is -2.09. The number of esters is 1. The van der Waals surface area contributed by atoms with Crippen molar-refractivity contribution in [2.24, 2.45) is 5.92 Å². The second kappa shape index (κ2) is 8.35. The second-order valence-corrected chi connectivity index (χ2v) is 5.14. The molecular weight excluding hydrogens is 254 g/mol. The zero-order valence-electron chi connectivity index (χ0n) is 12.4. The fourth-order valence-corrected chi connectivity index (χ4v) is 1.85. The summed E-state index contributed by atoms with van der Waals surface area (Å²) in [4.78, 5) is 23.3. The Bertz CT molecular complexity index is 455. The number of ether oxygens (including phenoxy) is 1. The molecule has 0 aliphatic heterocycles. The van der Waals surface area contributed by atoms with Crippen LogP contribution in [0.2, 0.25) is 0 Å². The van der Waals surface area contributed by atoms with Gasteiger partial charge in [-0.2, -0.15) is 0 Å². The molecule has 0 heterocycles. The van der Waals surface area contributed by atoms with Gasteiger partial charge in [0.1, 0.15) is 0 Å². The van der Waals surface area contributed by atoms with E-state index >= 15 is 0 Å². The molecule has 1 amide bonds. The molecule has 0 fully saturated rings. The fourth-order valence-electron chi connectivity index (χ4n) is 1.85. The highest BCUT2D eigenvalue weighted by molar-refractivity contribution is 6.37. The molecule has 1 aromatic carbocycles. The normalized spacial score (nSPS) is 10.4. The highest BCUT2D eigenvalue weighted by Crippen LogP contribution is 2.15. The molecule has 0 saturated carbocycles. The minimum absolute atomic E-state index is 0.292. The van der Waals surface area contributed by atoms with Gasteiger partial charge in [0.05, 0.1) is 6.61 Å². The van der Waals surface area contributed by atoms with Gasteiger partial charge in [-0.15, -0.1) is 0 Å². The van der Waals surface area contributed by atoms with Crippen molar-refractivity contribution in [1.29, 1.82) is 0 Å². The van der Waals surface area contributed by atoms with Crippen LogP contribution in [0.1, 0.15) is 39.2 Å². The van der Waals surface area contributed by atoms with E-state index in [1.165, 1.54) is 0 Å². The Morgan fingerprint density at radius 3 is 2.60 bits per heavy atom. The molecule has 1 N–H and O–H groups in total. The second-order valence-electron chi connectivity index (χ2n) is 5.14. The maximum Gasteiger partial charge on any atom is 0.397 e. The van der Waals surface area contributed by atoms with E-state index in [-0.39, 0.29) is 0 Å². The van der Waals surface area contributed by atoms with Gasteiger partial charge in [-0.25, -0.2) is 4.79 Å². The van der Waals surface area contributed by atoms with E-state index in [9.17, 15) is 9.59 Å². The van der Waals surface area contributed by atoms with Gasteiger partial charge in [0, 0.05) is 5.69 Å². The van der Waals surface area contributed by atoms with Crippen molar-refractivity contribution in [3.05, 3.63) is 29.8 Å². The summed E-state index contributed by atoms with van der Waals surface area (Å²) in [5.74, 6) is -0.964. The molecular formula is C16H23NO3. The molecule has 0 radical (unpaired) electrons. The molecule has 1 rings (SSSR count). The van der Waals surface area contributed by atoms with Crippen molar-refractivity contribution in [1.82, 2.24) is 0 Å². The molecule has 0 aliphatic rings. The molecule has 4 heteroatoms. The van der Waals surface area contributed by atoms with Crippen LogP contribution in [0.25, 0.3) is 0 Å². The minimum atomic E-state index is -0.820. The van der Waals surface area contributed by atoms with Crippen molar-refractivity contribution >= 4 is 17.6 Å². The monoisotopic (exact) mass is 277 g/mol. The molecule has 4 nitrogen and oxygen atoms in total. The maximum atomic E-state index is 11.7. The minimum Gasteiger partial charge on any atom is -0.459 e. The fraction of sp³-hybridized carbons (Fsp3) is 0.500. The third-order valence-corrected chi connectivity index (χ3v) is 2.99. The van der Waals surface area contributed by atoms with E-state index < -0.39 is 11.9 Å². The van der Waals surface area contributed by atoms with Gasteiger partial charge in [-0.1, -0.05) is 39.0 Å². The summed E-state index contributed by atoms with van der Waals surface area (Å²) in [6.45, 7) is 6.50. The third kappa shape index (κ3) is 5.43. The zero-order valence-corrected chi connectivity index (χ0v) is 12.4. The van der Waals surface area contributed by atoms with Gasteiger partial charge in [0.2, 0.25) is 0 Å². The van der Waals surface area contributed by atoms with Crippen LogP contribution < -0.4 is 5.32 Å². The molecule has 0 bridgehead atoms. The molecule has 1 aromatic rings. The summed E-state index contributed by atoms with van der Waals surface area (Å²) >= 11 is 0. The van der Waals surface area contributed by atoms with Crippen LogP contribution in [-0.2, 0) is 20.7 Å². The number of rotatable bonds is 6. The van der Waals surface area contributed by atoms with Gasteiger partial charge in [0.15, 0.2) is 0 Å². The summed E-state index contributed by atoms with van der Waals surface area (Å²) in [6.07, 6.45) is 2.55. The van der Waals surface area contributed by atoms with Crippen molar-refractivity contribution in [2.45, 2.75) is 40.0 Å². The Balaban J connectivity index is 2.43. The van der Waals surface area contributed by atoms with E-state index in [0.29, 0.717) is 18.2 Å². The first-order valence-electron chi connectivity index (χ1n) is 7.10. The number of nitrogens with one attached hydrogen (secondary N) is 1. The quantitative estimate of drug-likeness (QED) is 0.493. The van der Waals surface area contributed by atoms with Crippen LogP contribution >= 0.6 is 0 Å². The van der Waals surface area contributed by atoms with Crippen LogP contribution in [0, 0.1) is 5.92 Å². The van der Waals surface area contributed by atoms with E-state index in [1.807, 2.05) is 25.1 Å². The largest absolute Gasteiger partial charge is 0.459 e. The number of carbonyl (C=O) groups excluding carboxylic acids is 2. The first-order chi connectivity index (χ1) is 9.54. The first kappa shape index (κ1) is 16.2. The van der Waals surface area contributed by atoms with Crippen molar-refractivity contribution in [3.8, 4) is 0 Å². The van der Waals surface area contributed by atoms with Crippen molar-refractivity contribution < 1.29 is 14.3 Å². The molecule has 0 aliphatic carbocycles. The molecule has 110 valence electrons. The number of aryl methyl sites for hydroxylation is 1. The number of hydrogen-bond donors (Lipinski definition) is 1. The number of hydrogen-bond acceptors (Lipinski definition) is 3. The Kier molecular flexibility index (Phi) is 6.77. The van der Waals surface area contributed by atoms with E-state index in [1.54, 1.807) is 6.07 Å². The summed E-state index contributed by atoms with van der Waals surface area (Å²) < 4.78 is 4.95. The van der Waals surface area contributed by atoms with Crippen LogP contribution in [-0.4, -0.2) is 18.5 Å². The van der Waals surface area contributed by atoms with Gasteiger partial charge in [0.25, 0.3) is 0 Å². The van der Waals surface area contributed by atoms with Crippen LogP contribution in [0.3, 0.4) is 0 Å². The Labute approximate surface area is 120 Å². The van der Waals surface area contributed by atoms with Crippen LogP contribution in [0.4, 0.5) is 5.69 Å². The zero-order chi connectivity index (χ0) is 15.0. The van der Waals surface area contributed by atoms with Crippen molar-refractivity contribution in [3.63, 3.8) is 0 Å². The number of anilines is 1. The Hall–Kier alpha value is -1.84. The predicted molar refractivity (Wildman–Crippen MR) is 79.5 cm³/mol. The van der Waals surface area contributed by atoms with Crippen LogP contribution in [0.5, 0.6) is 0 Å². The lowest BCUT2D eigenvalue weighted by molar-refractivity contribution is -0.152. The molecule has 0 atom stereocenters. The summed E-state index contributed by atoms with van der Waals surface area (Å²) in [7, 11) is 0. The SMILES string of the molecule is CCc1ccccc1NC(=O)C(=O)OCCCC(C)C. The summed E-state index contributed by atoms with van der Waals surface area (Å²) in [5, 5.41) is 2.60. The average molecular weight is 277 g/mol. The van der Waals surface area contributed by atoms with Crippen molar-refractivity contribution in [2.75, 3.05) is 11.9 Å². The van der Waals surface area contributed by atoms with Gasteiger partial charge >= 0.3 is 11.9 Å². The summed E-state index contributed by atoms with van der Waals surface area (Å²) in [6, 6.07) is 7.42. The van der Waals surface area contributed by atoms with Gasteiger partial charge in [-0.05, 0) is 36.8 Å². The number of para-hydroxylation sites is 1. The van der Waals surface area contributed by atoms with E-state index in [0.717, 1.165) is 24.8 Å². The molecule has 0 saturated heterocycles. The van der Waals surface area contributed by atoms with Gasteiger partial charge < -0.3 is 10.1 Å². The summed E-state index contributed by atoms with van der Waals surface area (Å²) in [5.41, 5.74) is 1.66. The predicted octanol–water partition coefficient (Wildman–Crippen LogP) is 3.17. The highest BCUT2D eigenvalue weighted by Gasteiger charge is 2.16. The standard InChI is InChI=1S/C16H23NO3/c1-4-13-9-5-6-10-14(13)17-15(18)16(19)20-11-7-8-12(2)3/h5-6,9-10,12H,4,7-8,11H2,1-3H3,(H,17,18). The molecule has 20 heavy (non-hydrogen) atoms. The molecule has 0 unspecified atom stereocenters. The lowest BCUT2D eigenvalue weighted by atomic mass is 10.1. The third-order valence-electron chi connectivity index (χ3n) is 2.99. The highest BCUT2D eigenvalue weighted by atomic mass is 16.5. The number of amides is 1. The molecule has 0 aromatic heterocycles. The topological polar surface area (TPSA) is 55.4 Å². The smallest absolute Gasteiger partial charge is 0.397 e. The maximum absolute atomic E-state index is 11.7. The first-order valence-corrected chi connectivity index (χ1v) is 7.10. The average Bonchev–Trinajstić information content (AvgIpc) is 2.43. The van der Waals surface area contributed by atoms with E-state index in [4.69, 9.17) is 4.74 Å². The van der Waals surface area contributed by atoms with Crippen LogP contribution in [0.15, 0.2) is 24.3 Å².